The minimum Gasteiger partial charge on any atom is -0.493 e. The Kier molecular flexibility index (Phi) is 5.25. The molecule has 0 bridgehead atoms. The van der Waals surface area contributed by atoms with Gasteiger partial charge in [-0.25, -0.2) is 0 Å². The summed E-state index contributed by atoms with van der Waals surface area (Å²) in [5.41, 5.74) is 2.01. The zero-order valence-corrected chi connectivity index (χ0v) is 10.6. The number of halogens is 1. The van der Waals surface area contributed by atoms with Crippen LogP contribution in [0.4, 0.5) is 5.69 Å². The Morgan fingerprint density at radius 2 is 2.29 bits per heavy atom. The van der Waals surface area contributed by atoms with Gasteiger partial charge >= 0.3 is 0 Å². The number of aryl methyl sites for hydroxylation is 1. The highest BCUT2D eigenvalue weighted by Gasteiger charge is 2.11. The van der Waals surface area contributed by atoms with Crippen molar-refractivity contribution in [2.75, 3.05) is 25.5 Å². The average molecular weight is 257 g/mol. The SMILES string of the molecule is CNCC(=O)Nc1ccc2c(c1)CCCO2.Cl. The largest absolute Gasteiger partial charge is 0.493 e. The number of nitrogens with one attached hydrogen (secondary N) is 2. The summed E-state index contributed by atoms with van der Waals surface area (Å²) in [5.74, 6) is 0.914. The van der Waals surface area contributed by atoms with Crippen LogP contribution in [0.3, 0.4) is 0 Å². The van der Waals surface area contributed by atoms with Gasteiger partial charge in [0.2, 0.25) is 5.91 Å². The number of likely N-dealkylation sites (N-methyl/N-ethyl adjacent to an activating group) is 1. The predicted molar refractivity (Wildman–Crippen MR) is 70.1 cm³/mol. The first-order valence-electron chi connectivity index (χ1n) is 5.50. The number of ether oxygens (including phenoxy) is 1. The van der Waals surface area contributed by atoms with Crippen LogP contribution >= 0.6 is 12.4 Å². The molecule has 1 aromatic rings. The van der Waals surface area contributed by atoms with Gasteiger partial charge in [0.1, 0.15) is 5.75 Å². The minimum atomic E-state index is -0.0285. The summed E-state index contributed by atoms with van der Waals surface area (Å²) in [6, 6.07) is 5.78. The lowest BCUT2D eigenvalue weighted by Crippen LogP contribution is -2.25. The van der Waals surface area contributed by atoms with Crippen LogP contribution in [0.2, 0.25) is 0 Å². The summed E-state index contributed by atoms with van der Waals surface area (Å²) in [6.07, 6.45) is 2.06. The van der Waals surface area contributed by atoms with Gasteiger partial charge in [-0.05, 0) is 43.7 Å². The van der Waals surface area contributed by atoms with Crippen LogP contribution in [0.25, 0.3) is 0 Å². The molecule has 5 heteroatoms. The van der Waals surface area contributed by atoms with Crippen molar-refractivity contribution in [1.29, 1.82) is 0 Å². The van der Waals surface area contributed by atoms with Gasteiger partial charge in [0.25, 0.3) is 0 Å². The lowest BCUT2D eigenvalue weighted by molar-refractivity contribution is -0.115. The third-order valence-electron chi connectivity index (χ3n) is 2.53. The second-order valence-corrected chi connectivity index (χ2v) is 3.85. The van der Waals surface area contributed by atoms with Crippen molar-refractivity contribution in [1.82, 2.24) is 5.32 Å². The van der Waals surface area contributed by atoms with Gasteiger partial charge in [0.15, 0.2) is 0 Å². The molecule has 0 spiro atoms. The van der Waals surface area contributed by atoms with E-state index < -0.39 is 0 Å². The Balaban J connectivity index is 0.00000144. The molecule has 0 saturated heterocycles. The predicted octanol–water partition coefficient (Wildman–Crippen LogP) is 1.59. The molecule has 0 radical (unpaired) electrons. The fraction of sp³-hybridized carbons (Fsp3) is 0.417. The van der Waals surface area contributed by atoms with E-state index in [1.807, 2.05) is 18.2 Å². The summed E-state index contributed by atoms with van der Waals surface area (Å²) in [6.45, 7) is 1.12. The minimum absolute atomic E-state index is 0. The number of hydrogen-bond donors (Lipinski definition) is 2. The van der Waals surface area contributed by atoms with E-state index in [0.717, 1.165) is 30.9 Å². The van der Waals surface area contributed by atoms with Crippen molar-refractivity contribution in [3.8, 4) is 5.75 Å². The lowest BCUT2D eigenvalue weighted by Gasteiger charge is -2.18. The molecular weight excluding hydrogens is 240 g/mol. The van der Waals surface area contributed by atoms with E-state index >= 15 is 0 Å². The van der Waals surface area contributed by atoms with E-state index in [1.165, 1.54) is 5.56 Å². The number of amides is 1. The van der Waals surface area contributed by atoms with Gasteiger partial charge in [0, 0.05) is 5.69 Å². The molecule has 2 rings (SSSR count). The summed E-state index contributed by atoms with van der Waals surface area (Å²) in [7, 11) is 1.75. The number of fused-ring (bicyclic) bond motifs is 1. The van der Waals surface area contributed by atoms with Gasteiger partial charge in [0.05, 0.1) is 13.2 Å². The molecule has 1 aromatic carbocycles. The van der Waals surface area contributed by atoms with Crippen LogP contribution in [-0.2, 0) is 11.2 Å². The fourth-order valence-electron chi connectivity index (χ4n) is 1.80. The highest BCUT2D eigenvalue weighted by atomic mass is 35.5. The maximum atomic E-state index is 11.4. The van der Waals surface area contributed by atoms with Gasteiger partial charge < -0.3 is 15.4 Å². The summed E-state index contributed by atoms with van der Waals surface area (Å²) in [5, 5.41) is 5.65. The second-order valence-electron chi connectivity index (χ2n) is 3.85. The van der Waals surface area contributed by atoms with Crippen LogP contribution in [0.15, 0.2) is 18.2 Å². The Labute approximate surface area is 107 Å². The number of carbonyl (C=O) groups is 1. The van der Waals surface area contributed by atoms with E-state index in [9.17, 15) is 4.79 Å². The second kappa shape index (κ2) is 6.47. The van der Waals surface area contributed by atoms with Crippen LogP contribution in [0, 0.1) is 0 Å². The highest BCUT2D eigenvalue weighted by molar-refractivity contribution is 5.92. The average Bonchev–Trinajstić information content (AvgIpc) is 2.29. The van der Waals surface area contributed by atoms with Crippen molar-refractivity contribution < 1.29 is 9.53 Å². The van der Waals surface area contributed by atoms with Crippen LogP contribution in [0.5, 0.6) is 5.75 Å². The topological polar surface area (TPSA) is 50.4 Å². The zero-order valence-electron chi connectivity index (χ0n) is 9.79. The fourth-order valence-corrected chi connectivity index (χ4v) is 1.80. The summed E-state index contributed by atoms with van der Waals surface area (Å²) >= 11 is 0. The Bertz CT molecular complexity index is 396. The van der Waals surface area contributed by atoms with Crippen molar-refractivity contribution in [2.45, 2.75) is 12.8 Å². The molecule has 0 aromatic heterocycles. The third kappa shape index (κ3) is 3.61. The van der Waals surface area contributed by atoms with Crippen molar-refractivity contribution in [2.24, 2.45) is 0 Å². The Morgan fingerprint density at radius 1 is 1.47 bits per heavy atom. The first kappa shape index (κ1) is 13.8. The lowest BCUT2D eigenvalue weighted by atomic mass is 10.1. The van der Waals surface area contributed by atoms with Crippen molar-refractivity contribution in [3.05, 3.63) is 23.8 Å². The first-order valence-corrected chi connectivity index (χ1v) is 5.50. The van der Waals surface area contributed by atoms with E-state index in [-0.39, 0.29) is 18.3 Å². The van der Waals surface area contributed by atoms with Crippen molar-refractivity contribution in [3.63, 3.8) is 0 Å². The molecule has 2 N–H and O–H groups in total. The Morgan fingerprint density at radius 3 is 3.06 bits per heavy atom. The van der Waals surface area contributed by atoms with E-state index in [2.05, 4.69) is 10.6 Å². The van der Waals surface area contributed by atoms with Crippen LogP contribution in [0.1, 0.15) is 12.0 Å². The monoisotopic (exact) mass is 256 g/mol. The molecule has 1 heterocycles. The first-order chi connectivity index (χ1) is 7.79. The van der Waals surface area contributed by atoms with Gasteiger partial charge in [-0.1, -0.05) is 0 Å². The van der Waals surface area contributed by atoms with Crippen molar-refractivity contribution >= 4 is 24.0 Å². The molecule has 1 aliphatic rings. The van der Waals surface area contributed by atoms with Gasteiger partial charge in [-0.2, -0.15) is 0 Å². The normalized spacial score (nSPS) is 13.0. The molecule has 0 unspecified atom stereocenters. The maximum absolute atomic E-state index is 11.4. The molecule has 0 aliphatic carbocycles. The molecule has 4 nitrogen and oxygen atoms in total. The molecule has 0 atom stereocenters. The molecule has 0 fully saturated rings. The molecule has 17 heavy (non-hydrogen) atoms. The number of hydrogen-bond acceptors (Lipinski definition) is 3. The highest BCUT2D eigenvalue weighted by Crippen LogP contribution is 2.27. The van der Waals surface area contributed by atoms with E-state index in [0.29, 0.717) is 6.54 Å². The quantitative estimate of drug-likeness (QED) is 0.864. The Hall–Kier alpha value is -1.26. The number of anilines is 1. The zero-order chi connectivity index (χ0) is 11.4. The standard InChI is InChI=1S/C12H16N2O2.ClH/c1-13-8-12(15)14-10-4-5-11-9(7-10)3-2-6-16-11;/h4-5,7,13H,2-3,6,8H2,1H3,(H,14,15);1H. The third-order valence-corrected chi connectivity index (χ3v) is 2.53. The maximum Gasteiger partial charge on any atom is 0.238 e. The molecule has 1 amide bonds. The van der Waals surface area contributed by atoms with Gasteiger partial charge in [-0.3, -0.25) is 4.79 Å². The number of benzene rings is 1. The molecular formula is C12H17ClN2O2. The summed E-state index contributed by atoms with van der Waals surface area (Å²) in [4.78, 5) is 11.4. The number of carbonyl (C=O) groups excluding carboxylic acids is 1. The van der Waals surface area contributed by atoms with Crippen LogP contribution in [-0.4, -0.2) is 26.1 Å². The molecule has 94 valence electrons. The molecule has 0 saturated carbocycles. The molecule has 1 aliphatic heterocycles. The van der Waals surface area contributed by atoms with E-state index in [4.69, 9.17) is 4.74 Å². The van der Waals surface area contributed by atoms with Crippen LogP contribution < -0.4 is 15.4 Å². The van der Waals surface area contributed by atoms with E-state index in [1.54, 1.807) is 7.05 Å². The summed E-state index contributed by atoms with van der Waals surface area (Å²) < 4.78 is 5.51. The van der Waals surface area contributed by atoms with Gasteiger partial charge in [-0.15, -0.1) is 12.4 Å². The number of rotatable bonds is 3. The smallest absolute Gasteiger partial charge is 0.238 e.